The summed E-state index contributed by atoms with van der Waals surface area (Å²) >= 11 is 0. The van der Waals surface area contributed by atoms with Crippen LogP contribution in [-0.4, -0.2) is 61.9 Å². The minimum absolute atomic E-state index is 0.121. The van der Waals surface area contributed by atoms with E-state index >= 15 is 0 Å². The number of carbonyl (C=O) groups is 1. The number of aryl methyl sites for hydroxylation is 1. The van der Waals surface area contributed by atoms with E-state index in [0.29, 0.717) is 37.3 Å². The van der Waals surface area contributed by atoms with E-state index in [-0.39, 0.29) is 11.8 Å². The Bertz CT molecular complexity index is 1470. The van der Waals surface area contributed by atoms with Crippen LogP contribution in [0.3, 0.4) is 0 Å². The number of hydrogen-bond acceptors (Lipinski definition) is 6. The Hall–Kier alpha value is -4.59. The Morgan fingerprint density at radius 2 is 1.41 bits per heavy atom. The van der Waals surface area contributed by atoms with Crippen molar-refractivity contribution in [3.63, 3.8) is 0 Å². The fourth-order valence-electron chi connectivity index (χ4n) is 4.92. The molecule has 8 heteroatoms. The zero-order chi connectivity index (χ0) is 25.2. The van der Waals surface area contributed by atoms with Gasteiger partial charge in [-0.05, 0) is 30.2 Å². The van der Waals surface area contributed by atoms with E-state index in [2.05, 4.69) is 32.1 Å². The molecule has 1 aliphatic heterocycles. The van der Waals surface area contributed by atoms with Crippen molar-refractivity contribution >= 4 is 22.9 Å². The van der Waals surface area contributed by atoms with E-state index in [1.807, 2.05) is 89.8 Å². The van der Waals surface area contributed by atoms with Gasteiger partial charge in [-0.25, -0.2) is 9.97 Å². The molecule has 2 aromatic heterocycles. The second kappa shape index (κ2) is 9.81. The lowest BCUT2D eigenvalue weighted by Gasteiger charge is -2.37. The monoisotopic (exact) mass is 489 g/mol. The van der Waals surface area contributed by atoms with Crippen LogP contribution in [0.2, 0.25) is 0 Å². The zero-order valence-corrected chi connectivity index (χ0v) is 20.6. The fraction of sp³-hybridized carbons (Fsp3) is 0.207. The predicted molar refractivity (Wildman–Crippen MR) is 143 cm³/mol. The second-order valence-electron chi connectivity index (χ2n) is 9.27. The van der Waals surface area contributed by atoms with Gasteiger partial charge in [0.2, 0.25) is 5.91 Å². The number of benzene rings is 3. The normalized spacial score (nSPS) is 13.9. The maximum atomic E-state index is 13.8. The van der Waals surface area contributed by atoms with Gasteiger partial charge in [-0.3, -0.25) is 4.79 Å². The molecule has 1 aliphatic rings. The van der Waals surface area contributed by atoms with Crippen LogP contribution in [0.15, 0.2) is 91.3 Å². The Kier molecular flexibility index (Phi) is 6.06. The first-order valence-electron chi connectivity index (χ1n) is 12.5. The minimum atomic E-state index is -0.325. The smallest absolute Gasteiger partial charge is 0.234 e. The number of rotatable bonds is 5. The van der Waals surface area contributed by atoms with Gasteiger partial charge >= 0.3 is 0 Å². The van der Waals surface area contributed by atoms with E-state index < -0.39 is 0 Å². The third-order valence-electron chi connectivity index (χ3n) is 6.90. The van der Waals surface area contributed by atoms with E-state index in [0.717, 1.165) is 22.6 Å². The van der Waals surface area contributed by atoms with Crippen molar-refractivity contribution < 1.29 is 4.79 Å². The van der Waals surface area contributed by atoms with Gasteiger partial charge < -0.3 is 9.80 Å². The molecule has 6 rings (SSSR count). The van der Waals surface area contributed by atoms with Crippen LogP contribution in [0.25, 0.3) is 16.9 Å². The SMILES string of the molecule is Cc1ccc(-n2nnc3c(N4CCN(C(=O)C(c5ccccc5)c5ccccc5)CC4)ncnc32)cc1. The van der Waals surface area contributed by atoms with Gasteiger partial charge in [-0.15, -0.1) is 5.10 Å². The summed E-state index contributed by atoms with van der Waals surface area (Å²) in [6, 6.07) is 28.1. The number of anilines is 1. The molecule has 8 nitrogen and oxygen atoms in total. The first kappa shape index (κ1) is 22.8. The summed E-state index contributed by atoms with van der Waals surface area (Å²) in [6.07, 6.45) is 1.56. The molecule has 0 radical (unpaired) electrons. The summed E-state index contributed by atoms with van der Waals surface area (Å²) in [5.74, 6) is 0.544. The molecule has 0 unspecified atom stereocenters. The number of amides is 1. The van der Waals surface area contributed by atoms with Crippen molar-refractivity contribution in [2.75, 3.05) is 31.1 Å². The standard InChI is InChI=1S/C29H27N7O/c1-21-12-14-24(15-13-21)36-28-26(32-33-36)27(30-20-31-28)34-16-18-35(19-17-34)29(37)25(22-8-4-2-5-9-22)23-10-6-3-7-11-23/h2-15,20,25H,16-19H2,1H3. The quantitative estimate of drug-likeness (QED) is 0.371. The Labute approximate surface area is 215 Å². The lowest BCUT2D eigenvalue weighted by Crippen LogP contribution is -2.50. The van der Waals surface area contributed by atoms with Crippen LogP contribution in [0, 0.1) is 6.92 Å². The summed E-state index contributed by atoms with van der Waals surface area (Å²) < 4.78 is 1.74. The highest BCUT2D eigenvalue weighted by molar-refractivity contribution is 5.88. The van der Waals surface area contributed by atoms with Crippen molar-refractivity contribution in [3.8, 4) is 5.69 Å². The molecular formula is C29H27N7O. The number of fused-ring (bicyclic) bond motifs is 1. The van der Waals surface area contributed by atoms with Gasteiger partial charge in [0.25, 0.3) is 0 Å². The van der Waals surface area contributed by atoms with E-state index in [9.17, 15) is 4.79 Å². The van der Waals surface area contributed by atoms with Crippen LogP contribution in [-0.2, 0) is 4.79 Å². The molecule has 0 atom stereocenters. The maximum absolute atomic E-state index is 13.8. The molecule has 37 heavy (non-hydrogen) atoms. The predicted octanol–water partition coefficient (Wildman–Crippen LogP) is 4.00. The molecule has 1 saturated heterocycles. The molecule has 1 fully saturated rings. The average Bonchev–Trinajstić information content (AvgIpc) is 3.39. The molecule has 3 aromatic carbocycles. The van der Waals surface area contributed by atoms with Gasteiger partial charge in [0.1, 0.15) is 6.33 Å². The summed E-state index contributed by atoms with van der Waals surface area (Å²) in [5, 5.41) is 8.78. The molecule has 3 heterocycles. The number of aromatic nitrogens is 5. The lowest BCUT2D eigenvalue weighted by atomic mass is 9.90. The summed E-state index contributed by atoms with van der Waals surface area (Å²) in [6.45, 7) is 4.58. The van der Waals surface area contributed by atoms with E-state index in [1.165, 1.54) is 5.56 Å². The highest BCUT2D eigenvalue weighted by atomic mass is 16.2. The van der Waals surface area contributed by atoms with Crippen LogP contribution in [0.1, 0.15) is 22.6 Å². The van der Waals surface area contributed by atoms with Crippen molar-refractivity contribution in [1.29, 1.82) is 0 Å². The molecule has 0 bridgehead atoms. The third kappa shape index (κ3) is 4.42. The molecule has 0 N–H and O–H groups in total. The number of hydrogen-bond donors (Lipinski definition) is 0. The van der Waals surface area contributed by atoms with Gasteiger partial charge in [-0.1, -0.05) is 83.6 Å². The van der Waals surface area contributed by atoms with Crippen molar-refractivity contribution in [1.82, 2.24) is 29.9 Å². The molecule has 0 saturated carbocycles. The Balaban J connectivity index is 1.23. The number of carbonyl (C=O) groups excluding carboxylic acids is 1. The molecule has 5 aromatic rings. The first-order chi connectivity index (χ1) is 18.2. The summed E-state index contributed by atoms with van der Waals surface area (Å²) in [5.41, 5.74) is 5.42. The minimum Gasteiger partial charge on any atom is -0.351 e. The van der Waals surface area contributed by atoms with Gasteiger partial charge in [-0.2, -0.15) is 4.68 Å². The zero-order valence-electron chi connectivity index (χ0n) is 20.6. The van der Waals surface area contributed by atoms with Crippen LogP contribution >= 0.6 is 0 Å². The fourth-order valence-corrected chi connectivity index (χ4v) is 4.92. The van der Waals surface area contributed by atoms with E-state index in [4.69, 9.17) is 0 Å². The Morgan fingerprint density at radius 1 is 0.784 bits per heavy atom. The molecule has 184 valence electrons. The lowest BCUT2D eigenvalue weighted by molar-refractivity contribution is -0.132. The second-order valence-corrected chi connectivity index (χ2v) is 9.27. The van der Waals surface area contributed by atoms with Gasteiger partial charge in [0.05, 0.1) is 11.6 Å². The average molecular weight is 490 g/mol. The molecule has 0 aliphatic carbocycles. The molecule has 0 spiro atoms. The summed E-state index contributed by atoms with van der Waals surface area (Å²) in [7, 11) is 0. The molecule has 1 amide bonds. The maximum Gasteiger partial charge on any atom is 0.234 e. The highest BCUT2D eigenvalue weighted by Gasteiger charge is 2.31. The largest absolute Gasteiger partial charge is 0.351 e. The van der Waals surface area contributed by atoms with Gasteiger partial charge in [0, 0.05) is 26.2 Å². The van der Waals surface area contributed by atoms with Crippen molar-refractivity contribution in [2.24, 2.45) is 0 Å². The van der Waals surface area contributed by atoms with Crippen LogP contribution < -0.4 is 4.90 Å². The third-order valence-corrected chi connectivity index (χ3v) is 6.90. The van der Waals surface area contributed by atoms with E-state index in [1.54, 1.807) is 11.0 Å². The van der Waals surface area contributed by atoms with Crippen molar-refractivity contribution in [2.45, 2.75) is 12.8 Å². The summed E-state index contributed by atoms with van der Waals surface area (Å²) in [4.78, 5) is 26.9. The highest BCUT2D eigenvalue weighted by Crippen LogP contribution is 2.29. The number of piperazine rings is 1. The van der Waals surface area contributed by atoms with Crippen LogP contribution in [0.5, 0.6) is 0 Å². The number of nitrogens with zero attached hydrogens (tertiary/aromatic N) is 7. The van der Waals surface area contributed by atoms with Crippen molar-refractivity contribution in [3.05, 3.63) is 108 Å². The van der Waals surface area contributed by atoms with Gasteiger partial charge in [0.15, 0.2) is 17.0 Å². The molecular weight excluding hydrogens is 462 g/mol. The van der Waals surface area contributed by atoms with Crippen LogP contribution in [0.4, 0.5) is 5.82 Å². The Morgan fingerprint density at radius 3 is 2.03 bits per heavy atom. The first-order valence-corrected chi connectivity index (χ1v) is 12.5. The topological polar surface area (TPSA) is 80.0 Å².